The average molecular weight is 187 g/mol. The van der Waals surface area contributed by atoms with E-state index in [0.29, 0.717) is 0 Å². The SMILES string of the molecule is Cc1ccc(C)c(C2(N)CC=CC2)c1. The average Bonchev–Trinajstić information content (AvgIpc) is 2.58. The van der Waals surface area contributed by atoms with E-state index in [4.69, 9.17) is 5.73 Å². The van der Waals surface area contributed by atoms with E-state index < -0.39 is 0 Å². The van der Waals surface area contributed by atoms with Crippen LogP contribution in [0.1, 0.15) is 29.5 Å². The molecule has 0 atom stereocenters. The zero-order valence-electron chi connectivity index (χ0n) is 8.88. The molecule has 1 aromatic rings. The summed E-state index contributed by atoms with van der Waals surface area (Å²) in [5, 5.41) is 0. The molecule has 14 heavy (non-hydrogen) atoms. The van der Waals surface area contributed by atoms with Gasteiger partial charge in [-0.1, -0.05) is 35.9 Å². The first-order valence-corrected chi connectivity index (χ1v) is 5.13. The Morgan fingerprint density at radius 1 is 1.14 bits per heavy atom. The highest BCUT2D eigenvalue weighted by atomic mass is 14.7. The lowest BCUT2D eigenvalue weighted by molar-refractivity contribution is 0.477. The lowest BCUT2D eigenvalue weighted by Crippen LogP contribution is -2.34. The summed E-state index contributed by atoms with van der Waals surface area (Å²) in [4.78, 5) is 0. The summed E-state index contributed by atoms with van der Waals surface area (Å²) in [6, 6.07) is 6.53. The predicted molar refractivity (Wildman–Crippen MR) is 60.2 cm³/mol. The fourth-order valence-electron chi connectivity index (χ4n) is 2.16. The summed E-state index contributed by atoms with van der Waals surface area (Å²) in [7, 11) is 0. The molecule has 0 radical (unpaired) electrons. The second-order valence-corrected chi connectivity index (χ2v) is 4.35. The van der Waals surface area contributed by atoms with Gasteiger partial charge in [-0.15, -0.1) is 0 Å². The first-order valence-electron chi connectivity index (χ1n) is 5.13. The van der Waals surface area contributed by atoms with Crippen LogP contribution in [0.3, 0.4) is 0 Å². The Labute approximate surface area is 85.6 Å². The van der Waals surface area contributed by atoms with Crippen molar-refractivity contribution < 1.29 is 0 Å². The van der Waals surface area contributed by atoms with Crippen molar-refractivity contribution in [3.05, 3.63) is 47.0 Å². The zero-order valence-corrected chi connectivity index (χ0v) is 8.88. The Morgan fingerprint density at radius 2 is 1.79 bits per heavy atom. The quantitative estimate of drug-likeness (QED) is 0.672. The van der Waals surface area contributed by atoms with Crippen LogP contribution in [0.25, 0.3) is 0 Å². The van der Waals surface area contributed by atoms with E-state index in [1.54, 1.807) is 0 Å². The lowest BCUT2D eigenvalue weighted by atomic mass is 9.85. The first kappa shape index (κ1) is 9.47. The monoisotopic (exact) mass is 187 g/mol. The van der Waals surface area contributed by atoms with E-state index in [2.05, 4.69) is 44.2 Å². The van der Waals surface area contributed by atoms with Gasteiger partial charge >= 0.3 is 0 Å². The molecule has 1 aliphatic carbocycles. The van der Waals surface area contributed by atoms with Crippen LogP contribution in [0.4, 0.5) is 0 Å². The van der Waals surface area contributed by atoms with Gasteiger partial charge in [-0.25, -0.2) is 0 Å². The van der Waals surface area contributed by atoms with E-state index in [-0.39, 0.29) is 5.54 Å². The molecule has 0 saturated carbocycles. The molecule has 0 aliphatic heterocycles. The van der Waals surface area contributed by atoms with Crippen molar-refractivity contribution in [2.75, 3.05) is 0 Å². The standard InChI is InChI=1S/C13H17N/c1-10-5-6-11(2)12(9-10)13(14)7-3-4-8-13/h3-6,9H,7-8,14H2,1-2H3. The summed E-state index contributed by atoms with van der Waals surface area (Å²) < 4.78 is 0. The van der Waals surface area contributed by atoms with Gasteiger partial charge in [0.25, 0.3) is 0 Å². The number of hydrogen-bond acceptors (Lipinski definition) is 1. The van der Waals surface area contributed by atoms with E-state index in [9.17, 15) is 0 Å². The van der Waals surface area contributed by atoms with Gasteiger partial charge in [0, 0.05) is 5.54 Å². The molecule has 2 N–H and O–H groups in total. The second-order valence-electron chi connectivity index (χ2n) is 4.35. The highest BCUT2D eigenvalue weighted by molar-refractivity contribution is 5.38. The number of hydrogen-bond donors (Lipinski definition) is 1. The van der Waals surface area contributed by atoms with Gasteiger partial charge in [0.05, 0.1) is 0 Å². The number of rotatable bonds is 1. The summed E-state index contributed by atoms with van der Waals surface area (Å²) >= 11 is 0. The molecule has 0 spiro atoms. The van der Waals surface area contributed by atoms with Crippen LogP contribution in [0.5, 0.6) is 0 Å². The highest BCUT2D eigenvalue weighted by Crippen LogP contribution is 2.33. The largest absolute Gasteiger partial charge is 0.321 e. The van der Waals surface area contributed by atoms with Gasteiger partial charge in [-0.3, -0.25) is 0 Å². The van der Waals surface area contributed by atoms with Crippen LogP contribution in [-0.2, 0) is 5.54 Å². The Hall–Kier alpha value is -1.08. The normalized spacial score (nSPS) is 18.8. The minimum absolute atomic E-state index is 0.143. The van der Waals surface area contributed by atoms with Gasteiger partial charge in [-0.2, -0.15) is 0 Å². The molecular weight excluding hydrogens is 170 g/mol. The van der Waals surface area contributed by atoms with E-state index in [1.165, 1.54) is 16.7 Å². The molecule has 1 aliphatic rings. The molecule has 0 bridgehead atoms. The van der Waals surface area contributed by atoms with Crippen molar-refractivity contribution in [2.24, 2.45) is 5.73 Å². The predicted octanol–water partition coefficient (Wildman–Crippen LogP) is 2.81. The number of nitrogens with two attached hydrogens (primary N) is 1. The Morgan fingerprint density at radius 3 is 2.43 bits per heavy atom. The molecule has 1 nitrogen and oxygen atoms in total. The molecular formula is C13H17N. The molecule has 0 amide bonds. The van der Waals surface area contributed by atoms with Crippen molar-refractivity contribution in [3.8, 4) is 0 Å². The Balaban J connectivity index is 2.45. The third kappa shape index (κ3) is 1.48. The summed E-state index contributed by atoms with van der Waals surface area (Å²) in [6.07, 6.45) is 6.30. The third-order valence-electron chi connectivity index (χ3n) is 3.06. The van der Waals surface area contributed by atoms with E-state index >= 15 is 0 Å². The molecule has 0 fully saturated rings. The van der Waals surface area contributed by atoms with Crippen LogP contribution in [0.2, 0.25) is 0 Å². The van der Waals surface area contributed by atoms with Crippen LogP contribution < -0.4 is 5.73 Å². The van der Waals surface area contributed by atoms with Crippen molar-refractivity contribution >= 4 is 0 Å². The van der Waals surface area contributed by atoms with Crippen LogP contribution in [0, 0.1) is 13.8 Å². The first-order chi connectivity index (χ1) is 6.62. The van der Waals surface area contributed by atoms with E-state index in [1.807, 2.05) is 0 Å². The maximum absolute atomic E-state index is 6.39. The molecule has 0 saturated heterocycles. The van der Waals surface area contributed by atoms with Crippen LogP contribution in [-0.4, -0.2) is 0 Å². The van der Waals surface area contributed by atoms with Gasteiger partial charge in [0.2, 0.25) is 0 Å². The van der Waals surface area contributed by atoms with Crippen molar-refractivity contribution in [1.29, 1.82) is 0 Å². The molecule has 1 aromatic carbocycles. The topological polar surface area (TPSA) is 26.0 Å². The second kappa shape index (κ2) is 3.25. The maximum Gasteiger partial charge on any atom is 0.0482 e. The van der Waals surface area contributed by atoms with Gasteiger partial charge in [0.1, 0.15) is 0 Å². The minimum Gasteiger partial charge on any atom is -0.321 e. The fourth-order valence-corrected chi connectivity index (χ4v) is 2.16. The van der Waals surface area contributed by atoms with Gasteiger partial charge in [-0.05, 0) is 37.8 Å². The Kier molecular flexibility index (Phi) is 2.20. The number of benzene rings is 1. The number of aryl methyl sites for hydroxylation is 2. The minimum atomic E-state index is -0.143. The van der Waals surface area contributed by atoms with Crippen LogP contribution >= 0.6 is 0 Å². The lowest BCUT2D eigenvalue weighted by Gasteiger charge is -2.26. The summed E-state index contributed by atoms with van der Waals surface area (Å²) in [5.74, 6) is 0. The van der Waals surface area contributed by atoms with Crippen molar-refractivity contribution in [1.82, 2.24) is 0 Å². The Bertz CT molecular complexity index is 369. The van der Waals surface area contributed by atoms with Gasteiger partial charge in [0.15, 0.2) is 0 Å². The highest BCUT2D eigenvalue weighted by Gasteiger charge is 2.29. The molecule has 0 heterocycles. The van der Waals surface area contributed by atoms with Crippen molar-refractivity contribution in [2.45, 2.75) is 32.2 Å². The summed E-state index contributed by atoms with van der Waals surface area (Å²) in [5.41, 5.74) is 10.2. The zero-order chi connectivity index (χ0) is 10.2. The molecule has 2 rings (SSSR count). The molecule has 74 valence electrons. The third-order valence-corrected chi connectivity index (χ3v) is 3.06. The van der Waals surface area contributed by atoms with E-state index in [0.717, 1.165) is 12.8 Å². The van der Waals surface area contributed by atoms with Crippen molar-refractivity contribution in [3.63, 3.8) is 0 Å². The van der Waals surface area contributed by atoms with Gasteiger partial charge < -0.3 is 5.73 Å². The summed E-state index contributed by atoms with van der Waals surface area (Å²) in [6.45, 7) is 4.26. The fraction of sp³-hybridized carbons (Fsp3) is 0.385. The molecule has 0 unspecified atom stereocenters. The molecule has 0 aromatic heterocycles. The molecule has 1 heteroatoms. The smallest absolute Gasteiger partial charge is 0.0482 e. The van der Waals surface area contributed by atoms with Crippen LogP contribution in [0.15, 0.2) is 30.4 Å². The maximum atomic E-state index is 6.39.